The summed E-state index contributed by atoms with van der Waals surface area (Å²) in [5, 5.41) is 8.81. The van der Waals surface area contributed by atoms with Crippen LogP contribution in [0.3, 0.4) is 0 Å². The van der Waals surface area contributed by atoms with E-state index in [-0.39, 0.29) is 35.3 Å². The second kappa shape index (κ2) is 11.7. The number of piperidine rings is 1. The van der Waals surface area contributed by atoms with Gasteiger partial charge in [0.25, 0.3) is 11.5 Å². The van der Waals surface area contributed by atoms with Crippen LogP contribution in [0.1, 0.15) is 76.7 Å². The molecule has 2 atom stereocenters. The number of anilines is 2. The summed E-state index contributed by atoms with van der Waals surface area (Å²) in [7, 11) is 0. The first kappa shape index (κ1) is 30.6. The molecule has 232 valence electrons. The van der Waals surface area contributed by atoms with Gasteiger partial charge in [0.15, 0.2) is 5.82 Å². The molecule has 11 nitrogen and oxygen atoms in total. The first-order valence-electron chi connectivity index (χ1n) is 15.2. The zero-order valence-corrected chi connectivity index (χ0v) is 26.3. The third-order valence-corrected chi connectivity index (χ3v) is 8.48. The lowest BCUT2D eigenvalue weighted by Gasteiger charge is -2.42. The van der Waals surface area contributed by atoms with Crippen molar-refractivity contribution in [2.45, 2.75) is 91.1 Å². The summed E-state index contributed by atoms with van der Waals surface area (Å²) in [6, 6.07) is 7.47. The van der Waals surface area contributed by atoms with Gasteiger partial charge in [-0.05, 0) is 90.6 Å². The van der Waals surface area contributed by atoms with Gasteiger partial charge >= 0.3 is 6.09 Å². The fourth-order valence-electron chi connectivity index (χ4n) is 6.31. The Morgan fingerprint density at radius 2 is 1.79 bits per heavy atom. The number of nitrogens with one attached hydrogen (secondary N) is 2. The normalized spacial score (nSPS) is 20.7. The van der Waals surface area contributed by atoms with Crippen LogP contribution in [0.2, 0.25) is 0 Å². The zero-order chi connectivity index (χ0) is 31.1. The van der Waals surface area contributed by atoms with Gasteiger partial charge < -0.3 is 29.6 Å². The van der Waals surface area contributed by atoms with Crippen molar-refractivity contribution in [1.82, 2.24) is 24.6 Å². The Kier molecular flexibility index (Phi) is 8.30. The van der Waals surface area contributed by atoms with Crippen LogP contribution < -0.4 is 10.9 Å². The lowest BCUT2D eigenvalue weighted by atomic mass is 9.85. The van der Waals surface area contributed by atoms with Gasteiger partial charge in [-0.1, -0.05) is 6.92 Å². The maximum atomic E-state index is 13.3. The molecule has 2 amide bonds. The Morgan fingerprint density at radius 3 is 2.40 bits per heavy atom. The molecule has 5 rings (SSSR count). The summed E-state index contributed by atoms with van der Waals surface area (Å²) in [6.45, 7) is 15.8. The first-order valence-corrected chi connectivity index (χ1v) is 15.2. The predicted molar refractivity (Wildman–Crippen MR) is 166 cm³/mol. The Hall–Kier alpha value is -3.86. The number of fused-ring (bicyclic) bond motifs is 1. The van der Waals surface area contributed by atoms with Gasteiger partial charge in [0, 0.05) is 43.6 Å². The van der Waals surface area contributed by atoms with Crippen LogP contribution in [0.4, 0.5) is 16.3 Å². The molecule has 43 heavy (non-hydrogen) atoms. The molecule has 0 saturated carbocycles. The average Bonchev–Trinajstić information content (AvgIpc) is 3.31. The molecule has 2 saturated heterocycles. The molecule has 0 spiro atoms. The van der Waals surface area contributed by atoms with Crippen molar-refractivity contribution < 1.29 is 19.1 Å². The average molecular weight is 593 g/mol. The highest BCUT2D eigenvalue weighted by molar-refractivity contribution is 5.97. The van der Waals surface area contributed by atoms with E-state index in [0.717, 1.165) is 23.2 Å². The van der Waals surface area contributed by atoms with Crippen LogP contribution in [0.5, 0.6) is 0 Å². The number of carbonyl (C=O) groups excluding carboxylic acids is 2. The van der Waals surface area contributed by atoms with Crippen molar-refractivity contribution in [1.29, 1.82) is 0 Å². The Labute approximate surface area is 252 Å². The predicted octanol–water partition coefficient (Wildman–Crippen LogP) is 5.16. The molecule has 3 aromatic rings. The van der Waals surface area contributed by atoms with Gasteiger partial charge in [-0.3, -0.25) is 14.3 Å². The Bertz CT molecular complexity index is 1550. The number of morpholine rings is 1. The largest absolute Gasteiger partial charge is 0.444 e. The van der Waals surface area contributed by atoms with Crippen molar-refractivity contribution in [2.24, 2.45) is 0 Å². The second-order valence-corrected chi connectivity index (χ2v) is 13.0. The molecule has 2 N–H and O–H groups in total. The van der Waals surface area contributed by atoms with Crippen molar-refractivity contribution >= 4 is 34.4 Å². The number of pyridine rings is 1. The van der Waals surface area contributed by atoms with E-state index in [9.17, 15) is 14.4 Å². The highest BCUT2D eigenvalue weighted by Crippen LogP contribution is 2.38. The molecule has 2 aromatic heterocycles. The number of aryl methyl sites for hydroxylation is 1. The number of carbonyl (C=O) groups is 2. The number of aromatic nitrogens is 3. The number of aromatic amines is 1. The first-order chi connectivity index (χ1) is 20.3. The standard InChI is InChI=1S/C32H44N6O5/c1-8-32(12-15-36(16-13-32)30(41)43-31(5,6)7)38-25-11-14-33-28(39)26(25)27(35-38)34-23-9-10-24(20(2)17-23)29(40)37-18-21(3)42-22(4)19-37/h9-11,14,17,21-22H,8,12-13,15-16,18-19H2,1-7H3,(H,33,39)(H,34,35)/t21-,22+. The number of hydrogen-bond donors (Lipinski definition) is 2. The summed E-state index contributed by atoms with van der Waals surface area (Å²) in [6.07, 6.45) is 3.46. The number of amides is 2. The van der Waals surface area contributed by atoms with Gasteiger partial charge in [-0.15, -0.1) is 0 Å². The molecule has 2 fully saturated rings. The number of rotatable bonds is 5. The van der Waals surface area contributed by atoms with Crippen molar-refractivity contribution in [3.05, 3.63) is 51.9 Å². The minimum atomic E-state index is -0.556. The van der Waals surface area contributed by atoms with E-state index in [1.807, 2.05) is 75.4 Å². The lowest BCUT2D eigenvalue weighted by Crippen LogP contribution is -2.49. The molecule has 2 aliphatic heterocycles. The van der Waals surface area contributed by atoms with Gasteiger partial charge in [-0.25, -0.2) is 4.79 Å². The van der Waals surface area contributed by atoms with Gasteiger partial charge in [0.05, 0.1) is 23.3 Å². The highest BCUT2D eigenvalue weighted by Gasteiger charge is 2.39. The molecule has 4 heterocycles. The Balaban J connectivity index is 1.41. The van der Waals surface area contributed by atoms with E-state index in [1.54, 1.807) is 11.1 Å². The van der Waals surface area contributed by atoms with E-state index >= 15 is 0 Å². The van der Waals surface area contributed by atoms with Crippen LogP contribution in [0.15, 0.2) is 35.3 Å². The van der Waals surface area contributed by atoms with Crippen molar-refractivity contribution in [2.75, 3.05) is 31.5 Å². The molecular formula is C32H44N6O5. The van der Waals surface area contributed by atoms with Crippen LogP contribution in [-0.4, -0.2) is 80.6 Å². The molecular weight excluding hydrogens is 548 g/mol. The van der Waals surface area contributed by atoms with Gasteiger partial charge in [-0.2, -0.15) is 5.10 Å². The van der Waals surface area contributed by atoms with Gasteiger partial charge in [0.2, 0.25) is 0 Å². The topological polar surface area (TPSA) is 122 Å². The SMILES string of the molecule is CCC1(n2nc(Nc3ccc(C(=O)N4C[C@@H](C)O[C@@H](C)C4)c(C)c3)c3c(=O)[nH]ccc32)CCN(C(=O)OC(C)(C)C)CC1. The maximum absolute atomic E-state index is 13.3. The molecule has 0 unspecified atom stereocenters. The second-order valence-electron chi connectivity index (χ2n) is 13.0. The summed E-state index contributed by atoms with van der Waals surface area (Å²) in [5.41, 5.74) is 1.78. The van der Waals surface area contributed by atoms with Crippen LogP contribution in [0.25, 0.3) is 10.9 Å². The zero-order valence-electron chi connectivity index (χ0n) is 26.3. The van der Waals surface area contributed by atoms with E-state index in [2.05, 4.69) is 17.2 Å². The highest BCUT2D eigenvalue weighted by atomic mass is 16.6. The lowest BCUT2D eigenvalue weighted by molar-refractivity contribution is -0.0586. The fourth-order valence-corrected chi connectivity index (χ4v) is 6.31. The number of ether oxygens (including phenoxy) is 2. The molecule has 1 aromatic carbocycles. The number of likely N-dealkylation sites (tertiary alicyclic amines) is 1. The van der Waals surface area contributed by atoms with Crippen LogP contribution in [-0.2, 0) is 15.0 Å². The maximum Gasteiger partial charge on any atom is 0.410 e. The molecule has 11 heteroatoms. The number of benzene rings is 1. The number of hydrogen-bond acceptors (Lipinski definition) is 7. The van der Waals surface area contributed by atoms with E-state index in [4.69, 9.17) is 14.6 Å². The van der Waals surface area contributed by atoms with Crippen molar-refractivity contribution in [3.63, 3.8) is 0 Å². The smallest absolute Gasteiger partial charge is 0.410 e. The minimum absolute atomic E-state index is 0.00797. The fraction of sp³-hybridized carbons (Fsp3) is 0.562. The number of H-pyrrole nitrogens is 1. The monoisotopic (exact) mass is 592 g/mol. The summed E-state index contributed by atoms with van der Waals surface area (Å²) < 4.78 is 13.4. The van der Waals surface area contributed by atoms with Crippen molar-refractivity contribution in [3.8, 4) is 0 Å². The molecule has 2 aliphatic rings. The Morgan fingerprint density at radius 1 is 1.12 bits per heavy atom. The molecule has 0 aliphatic carbocycles. The van der Waals surface area contributed by atoms with E-state index < -0.39 is 5.60 Å². The third kappa shape index (κ3) is 6.27. The summed E-state index contributed by atoms with van der Waals surface area (Å²) in [4.78, 5) is 45.6. The quantitative estimate of drug-likeness (QED) is 0.420. The van der Waals surface area contributed by atoms with E-state index in [0.29, 0.717) is 55.8 Å². The third-order valence-electron chi connectivity index (χ3n) is 8.48. The molecule has 0 radical (unpaired) electrons. The minimum Gasteiger partial charge on any atom is -0.444 e. The molecule has 0 bridgehead atoms. The van der Waals surface area contributed by atoms with E-state index in [1.165, 1.54) is 0 Å². The van der Waals surface area contributed by atoms with Gasteiger partial charge in [0.1, 0.15) is 11.0 Å². The number of nitrogens with zero attached hydrogens (tertiary/aromatic N) is 4. The summed E-state index contributed by atoms with van der Waals surface area (Å²) >= 11 is 0. The van der Waals surface area contributed by atoms with Crippen LogP contribution in [0, 0.1) is 6.92 Å². The van der Waals surface area contributed by atoms with Crippen LogP contribution >= 0.6 is 0 Å². The summed E-state index contributed by atoms with van der Waals surface area (Å²) in [5.74, 6) is 0.438.